The highest BCUT2D eigenvalue weighted by molar-refractivity contribution is 4.85. The van der Waals surface area contributed by atoms with Crippen LogP contribution in [-0.2, 0) is 7.05 Å². The van der Waals surface area contributed by atoms with E-state index in [1.807, 2.05) is 0 Å². The Morgan fingerprint density at radius 3 is 2.90 bits per heavy atom. The molecule has 0 fully saturated rings. The highest BCUT2D eigenvalue weighted by atomic mass is 16.3. The Morgan fingerprint density at radius 1 is 1.80 bits per heavy atom. The predicted octanol–water partition coefficient (Wildman–Crippen LogP) is -1.80. The Morgan fingerprint density at radius 2 is 2.50 bits per heavy atom. The van der Waals surface area contributed by atoms with Crippen LogP contribution in [0.2, 0.25) is 0 Å². The minimum Gasteiger partial charge on any atom is -0.394 e. The molecule has 6 heteroatoms. The van der Waals surface area contributed by atoms with Crippen molar-refractivity contribution < 1.29 is 5.11 Å². The molecule has 56 valence electrons. The van der Waals surface area contributed by atoms with Gasteiger partial charge in [-0.15, -0.1) is 10.2 Å². The van der Waals surface area contributed by atoms with Gasteiger partial charge in [-0.1, -0.05) is 0 Å². The molecule has 0 saturated heterocycles. The molecule has 1 aromatic rings. The van der Waals surface area contributed by atoms with E-state index in [0.29, 0.717) is 5.82 Å². The summed E-state index contributed by atoms with van der Waals surface area (Å²) in [5.74, 6) is 0.366. The topological polar surface area (TPSA) is 89.9 Å². The quantitative estimate of drug-likeness (QED) is 0.510. The van der Waals surface area contributed by atoms with Crippen molar-refractivity contribution in [3.05, 3.63) is 5.82 Å². The van der Waals surface area contributed by atoms with Crippen LogP contribution in [0.15, 0.2) is 0 Å². The maximum atomic E-state index is 8.56. The molecular formula is C4H9N5O. The zero-order chi connectivity index (χ0) is 7.56. The molecule has 0 amide bonds. The Labute approximate surface area is 57.6 Å². The van der Waals surface area contributed by atoms with E-state index in [1.54, 1.807) is 7.05 Å². The second-order valence-corrected chi connectivity index (χ2v) is 1.93. The molecule has 1 rings (SSSR count). The van der Waals surface area contributed by atoms with Gasteiger partial charge in [0.1, 0.15) is 0 Å². The average Bonchev–Trinajstić information content (AvgIpc) is 2.34. The number of aliphatic hydroxyl groups excluding tert-OH is 1. The van der Waals surface area contributed by atoms with Gasteiger partial charge in [-0.25, -0.2) is 0 Å². The lowest BCUT2D eigenvalue weighted by Crippen LogP contribution is -2.16. The number of nitrogens with two attached hydrogens (primary N) is 1. The van der Waals surface area contributed by atoms with Crippen molar-refractivity contribution in [2.45, 2.75) is 6.04 Å². The summed E-state index contributed by atoms with van der Waals surface area (Å²) < 4.78 is 0. The summed E-state index contributed by atoms with van der Waals surface area (Å²) in [5, 5.41) is 19.5. The molecule has 0 bridgehead atoms. The molecule has 0 radical (unpaired) electrons. The third-order valence-corrected chi connectivity index (χ3v) is 1.05. The maximum Gasteiger partial charge on any atom is 0.193 e. The second-order valence-electron chi connectivity index (χ2n) is 1.93. The molecule has 1 atom stereocenters. The third kappa shape index (κ3) is 1.28. The fourth-order valence-electron chi connectivity index (χ4n) is 0.529. The van der Waals surface area contributed by atoms with Crippen molar-refractivity contribution in [1.82, 2.24) is 20.2 Å². The van der Waals surface area contributed by atoms with E-state index >= 15 is 0 Å². The van der Waals surface area contributed by atoms with Crippen LogP contribution in [0.4, 0.5) is 0 Å². The van der Waals surface area contributed by atoms with E-state index < -0.39 is 6.04 Å². The lowest BCUT2D eigenvalue weighted by atomic mass is 10.3. The number of tetrazole rings is 1. The number of rotatable bonds is 2. The first-order valence-corrected chi connectivity index (χ1v) is 2.84. The molecule has 1 unspecified atom stereocenters. The molecular weight excluding hydrogens is 134 g/mol. The second kappa shape index (κ2) is 2.72. The highest BCUT2D eigenvalue weighted by Crippen LogP contribution is 1.97. The molecule has 0 aliphatic carbocycles. The minimum absolute atomic E-state index is 0.161. The zero-order valence-electron chi connectivity index (χ0n) is 5.60. The fourth-order valence-corrected chi connectivity index (χ4v) is 0.529. The maximum absolute atomic E-state index is 8.56. The number of nitrogens with zero attached hydrogens (tertiary/aromatic N) is 4. The van der Waals surface area contributed by atoms with Gasteiger partial charge in [0.05, 0.1) is 19.7 Å². The largest absolute Gasteiger partial charge is 0.394 e. The summed E-state index contributed by atoms with van der Waals surface area (Å²) in [6.07, 6.45) is 0. The number of hydrogen-bond donors (Lipinski definition) is 2. The van der Waals surface area contributed by atoms with Crippen molar-refractivity contribution in [3.63, 3.8) is 0 Å². The van der Waals surface area contributed by atoms with Gasteiger partial charge in [-0.05, 0) is 5.21 Å². The van der Waals surface area contributed by atoms with Crippen LogP contribution < -0.4 is 5.73 Å². The van der Waals surface area contributed by atoms with Crippen molar-refractivity contribution in [1.29, 1.82) is 0 Å². The first-order valence-electron chi connectivity index (χ1n) is 2.84. The van der Waals surface area contributed by atoms with Crippen molar-refractivity contribution in [3.8, 4) is 0 Å². The fraction of sp³-hybridized carbons (Fsp3) is 0.750. The van der Waals surface area contributed by atoms with Gasteiger partial charge in [0.2, 0.25) is 0 Å². The van der Waals surface area contributed by atoms with Crippen molar-refractivity contribution in [2.24, 2.45) is 12.8 Å². The molecule has 3 N–H and O–H groups in total. The van der Waals surface area contributed by atoms with Crippen molar-refractivity contribution in [2.75, 3.05) is 6.61 Å². The smallest absolute Gasteiger partial charge is 0.193 e. The number of aromatic nitrogens is 4. The van der Waals surface area contributed by atoms with Gasteiger partial charge in [0, 0.05) is 0 Å². The standard InChI is InChI=1S/C4H9N5O/c1-9-7-4(6-8-9)3(5)2-10/h3,10H,2,5H2,1H3. The number of hydrogen-bond acceptors (Lipinski definition) is 5. The van der Waals surface area contributed by atoms with E-state index in [4.69, 9.17) is 10.8 Å². The van der Waals surface area contributed by atoms with Crippen LogP contribution in [0.5, 0.6) is 0 Å². The monoisotopic (exact) mass is 143 g/mol. The molecule has 0 aliphatic rings. The third-order valence-electron chi connectivity index (χ3n) is 1.05. The lowest BCUT2D eigenvalue weighted by molar-refractivity contribution is 0.263. The first-order chi connectivity index (χ1) is 4.74. The summed E-state index contributed by atoms with van der Waals surface area (Å²) in [6.45, 7) is -0.161. The Kier molecular flexibility index (Phi) is 1.93. The van der Waals surface area contributed by atoms with E-state index in [-0.39, 0.29) is 6.61 Å². The lowest BCUT2D eigenvalue weighted by Gasteiger charge is -1.98. The Balaban J connectivity index is 2.74. The van der Waals surface area contributed by atoms with E-state index in [2.05, 4.69) is 15.4 Å². The highest BCUT2D eigenvalue weighted by Gasteiger charge is 2.08. The molecule has 0 aliphatic heterocycles. The van der Waals surface area contributed by atoms with Crippen LogP contribution in [0.1, 0.15) is 11.9 Å². The van der Waals surface area contributed by atoms with Gasteiger partial charge in [-0.2, -0.15) is 4.80 Å². The van der Waals surface area contributed by atoms with Crippen molar-refractivity contribution >= 4 is 0 Å². The molecule has 0 aromatic carbocycles. The molecule has 0 saturated carbocycles. The SMILES string of the molecule is Cn1nnc(C(N)CO)n1. The summed E-state index contributed by atoms with van der Waals surface area (Å²) >= 11 is 0. The summed E-state index contributed by atoms with van der Waals surface area (Å²) in [6, 6.07) is -0.520. The molecule has 10 heavy (non-hydrogen) atoms. The van der Waals surface area contributed by atoms with Gasteiger partial charge in [0.25, 0.3) is 0 Å². The normalized spacial score (nSPS) is 13.5. The van der Waals surface area contributed by atoms with Gasteiger partial charge in [-0.3, -0.25) is 0 Å². The molecule has 1 aromatic heterocycles. The van der Waals surface area contributed by atoms with Crippen LogP contribution in [-0.4, -0.2) is 31.9 Å². The molecule has 0 spiro atoms. The predicted molar refractivity (Wildman–Crippen MR) is 32.8 cm³/mol. The number of aliphatic hydroxyl groups is 1. The summed E-state index contributed by atoms with van der Waals surface area (Å²) in [5.41, 5.74) is 5.38. The van der Waals surface area contributed by atoms with Crippen LogP contribution in [0.25, 0.3) is 0 Å². The Bertz CT molecular complexity index is 209. The van der Waals surface area contributed by atoms with Crippen LogP contribution in [0.3, 0.4) is 0 Å². The van der Waals surface area contributed by atoms with E-state index in [1.165, 1.54) is 4.80 Å². The van der Waals surface area contributed by atoms with E-state index in [0.717, 1.165) is 0 Å². The van der Waals surface area contributed by atoms with E-state index in [9.17, 15) is 0 Å². The van der Waals surface area contributed by atoms with Gasteiger partial charge in [0.15, 0.2) is 5.82 Å². The van der Waals surface area contributed by atoms with Gasteiger partial charge >= 0.3 is 0 Å². The molecule has 6 nitrogen and oxygen atoms in total. The van der Waals surface area contributed by atoms with Gasteiger partial charge < -0.3 is 10.8 Å². The van der Waals surface area contributed by atoms with Crippen LogP contribution in [0, 0.1) is 0 Å². The first kappa shape index (κ1) is 7.10. The Hall–Kier alpha value is -1.01. The summed E-state index contributed by atoms with van der Waals surface area (Å²) in [4.78, 5) is 1.30. The number of aryl methyl sites for hydroxylation is 1. The van der Waals surface area contributed by atoms with Crippen LogP contribution >= 0.6 is 0 Å². The minimum atomic E-state index is -0.520. The summed E-state index contributed by atoms with van der Waals surface area (Å²) in [7, 11) is 1.64. The average molecular weight is 143 g/mol. The molecule has 1 heterocycles. The zero-order valence-corrected chi connectivity index (χ0v) is 5.60.